The van der Waals surface area contributed by atoms with Crippen LogP contribution in [-0.2, 0) is 6.42 Å². The van der Waals surface area contributed by atoms with Crippen LogP contribution < -0.4 is 4.90 Å². The number of anilines is 1. The van der Waals surface area contributed by atoms with Crippen molar-refractivity contribution in [3.8, 4) is 5.69 Å². The summed E-state index contributed by atoms with van der Waals surface area (Å²) in [4.78, 5) is 27.0. The Balaban J connectivity index is 1.51. The van der Waals surface area contributed by atoms with Gasteiger partial charge in [-0.15, -0.1) is 0 Å². The average molecular weight is 473 g/mol. The maximum absolute atomic E-state index is 13.5. The summed E-state index contributed by atoms with van der Waals surface area (Å²) in [6.07, 6.45) is 2.52. The van der Waals surface area contributed by atoms with Crippen molar-refractivity contribution in [2.24, 2.45) is 0 Å². The molecule has 1 saturated heterocycles. The molecule has 180 valence electrons. The highest BCUT2D eigenvalue weighted by Gasteiger charge is 2.25. The lowest BCUT2D eigenvalue weighted by atomic mass is 10.2. The van der Waals surface area contributed by atoms with Crippen molar-refractivity contribution < 1.29 is 9.18 Å². The number of carbonyl (C=O) groups is 1. The van der Waals surface area contributed by atoms with Crippen molar-refractivity contribution in [3.63, 3.8) is 0 Å². The molecule has 1 aliphatic heterocycles. The predicted molar refractivity (Wildman–Crippen MR) is 135 cm³/mol. The molecule has 2 aromatic carbocycles. The van der Waals surface area contributed by atoms with E-state index in [1.807, 2.05) is 42.2 Å². The first-order chi connectivity index (χ1) is 17.0. The Morgan fingerprint density at radius 2 is 1.74 bits per heavy atom. The maximum Gasteiger partial charge on any atom is 0.253 e. The van der Waals surface area contributed by atoms with Gasteiger partial charge in [0.1, 0.15) is 17.5 Å². The van der Waals surface area contributed by atoms with Gasteiger partial charge >= 0.3 is 0 Å². The van der Waals surface area contributed by atoms with E-state index < -0.39 is 0 Å². The van der Waals surface area contributed by atoms with Crippen LogP contribution in [0.1, 0.15) is 41.6 Å². The van der Waals surface area contributed by atoms with E-state index in [9.17, 15) is 9.18 Å². The molecular weight excluding hydrogens is 443 g/mol. The number of hydrogen-bond donors (Lipinski definition) is 0. The lowest BCUT2D eigenvalue weighted by molar-refractivity contribution is 0.0767. The molecule has 8 heteroatoms. The van der Waals surface area contributed by atoms with E-state index in [1.54, 1.807) is 16.8 Å². The Morgan fingerprint density at radius 1 is 0.971 bits per heavy atom. The topological polar surface area (TPSA) is 67.2 Å². The standard InChI is InChI=1S/C27H29FN6O/c1-3-8-23-29-25(24-19(2)31-34(26(24)30-23)22-13-11-21(28)12-14-22)32-15-7-16-33(18-17-32)27(35)20-9-5-4-6-10-20/h4-6,9-14H,3,7-8,15-18H2,1-2H3. The number of amides is 1. The molecular formula is C27H29FN6O. The molecule has 3 heterocycles. The summed E-state index contributed by atoms with van der Waals surface area (Å²) >= 11 is 0. The van der Waals surface area contributed by atoms with Crippen molar-refractivity contribution in [2.75, 3.05) is 31.1 Å². The first-order valence-electron chi connectivity index (χ1n) is 12.2. The van der Waals surface area contributed by atoms with Gasteiger partial charge in [0.05, 0.1) is 16.8 Å². The van der Waals surface area contributed by atoms with E-state index in [1.165, 1.54) is 12.1 Å². The van der Waals surface area contributed by atoms with Crippen molar-refractivity contribution in [2.45, 2.75) is 33.1 Å². The third-order valence-electron chi connectivity index (χ3n) is 6.38. The van der Waals surface area contributed by atoms with Gasteiger partial charge in [0, 0.05) is 38.2 Å². The van der Waals surface area contributed by atoms with Crippen molar-refractivity contribution in [1.82, 2.24) is 24.6 Å². The highest BCUT2D eigenvalue weighted by molar-refractivity contribution is 5.94. The zero-order valence-corrected chi connectivity index (χ0v) is 20.1. The highest BCUT2D eigenvalue weighted by Crippen LogP contribution is 2.30. The number of benzene rings is 2. The second kappa shape index (κ2) is 9.82. The number of carbonyl (C=O) groups excluding carboxylic acids is 1. The lowest BCUT2D eigenvalue weighted by Crippen LogP contribution is -2.35. The largest absolute Gasteiger partial charge is 0.354 e. The average Bonchev–Trinajstić information content (AvgIpc) is 3.05. The summed E-state index contributed by atoms with van der Waals surface area (Å²) in [5.74, 6) is 1.40. The van der Waals surface area contributed by atoms with Gasteiger partial charge in [-0.3, -0.25) is 4.79 Å². The summed E-state index contributed by atoms with van der Waals surface area (Å²) < 4.78 is 15.3. The van der Waals surface area contributed by atoms with Crippen LogP contribution in [0.5, 0.6) is 0 Å². The molecule has 0 bridgehead atoms. The number of nitrogens with zero attached hydrogens (tertiary/aromatic N) is 6. The molecule has 1 fully saturated rings. The highest BCUT2D eigenvalue weighted by atomic mass is 19.1. The van der Waals surface area contributed by atoms with E-state index in [0.717, 1.165) is 59.9 Å². The van der Waals surface area contributed by atoms with Crippen LogP contribution >= 0.6 is 0 Å². The number of aromatic nitrogens is 4. The van der Waals surface area contributed by atoms with E-state index in [4.69, 9.17) is 15.1 Å². The monoisotopic (exact) mass is 472 g/mol. The normalized spacial score (nSPS) is 14.4. The van der Waals surface area contributed by atoms with Crippen LogP contribution in [0.3, 0.4) is 0 Å². The van der Waals surface area contributed by atoms with Gasteiger partial charge in [-0.1, -0.05) is 25.1 Å². The molecule has 5 rings (SSSR count). The molecule has 0 unspecified atom stereocenters. The summed E-state index contributed by atoms with van der Waals surface area (Å²) in [5, 5.41) is 5.65. The molecule has 0 spiro atoms. The van der Waals surface area contributed by atoms with Crippen molar-refractivity contribution >= 4 is 22.8 Å². The van der Waals surface area contributed by atoms with Crippen molar-refractivity contribution in [1.29, 1.82) is 0 Å². The molecule has 7 nitrogen and oxygen atoms in total. The second-order valence-electron chi connectivity index (χ2n) is 8.88. The molecule has 0 atom stereocenters. The summed E-state index contributed by atoms with van der Waals surface area (Å²) in [6, 6.07) is 15.7. The third kappa shape index (κ3) is 4.60. The van der Waals surface area contributed by atoms with Gasteiger partial charge in [0.2, 0.25) is 0 Å². The summed E-state index contributed by atoms with van der Waals surface area (Å²) in [7, 11) is 0. The minimum absolute atomic E-state index is 0.0623. The minimum atomic E-state index is -0.289. The van der Waals surface area contributed by atoms with Crippen LogP contribution in [0.25, 0.3) is 16.7 Å². The molecule has 1 aliphatic rings. The van der Waals surface area contributed by atoms with Crippen LogP contribution in [0, 0.1) is 12.7 Å². The molecule has 1 amide bonds. The Labute approximate surface area is 204 Å². The van der Waals surface area contributed by atoms with E-state index in [-0.39, 0.29) is 11.7 Å². The number of halogens is 1. The number of rotatable bonds is 5. The number of hydrogen-bond acceptors (Lipinski definition) is 5. The zero-order valence-electron chi connectivity index (χ0n) is 20.1. The van der Waals surface area contributed by atoms with E-state index in [0.29, 0.717) is 25.2 Å². The Hall–Kier alpha value is -3.81. The molecule has 0 aliphatic carbocycles. The third-order valence-corrected chi connectivity index (χ3v) is 6.38. The Bertz CT molecular complexity index is 1340. The van der Waals surface area contributed by atoms with Gasteiger partial charge in [-0.2, -0.15) is 5.10 Å². The fraction of sp³-hybridized carbons (Fsp3) is 0.333. The maximum atomic E-state index is 13.5. The number of fused-ring (bicyclic) bond motifs is 1. The fourth-order valence-corrected chi connectivity index (χ4v) is 4.63. The predicted octanol–water partition coefficient (Wildman–Crippen LogP) is 4.57. The van der Waals surface area contributed by atoms with E-state index >= 15 is 0 Å². The Morgan fingerprint density at radius 3 is 2.49 bits per heavy atom. The minimum Gasteiger partial charge on any atom is -0.354 e. The van der Waals surface area contributed by atoms with Crippen molar-refractivity contribution in [3.05, 3.63) is 77.5 Å². The molecule has 0 saturated carbocycles. The molecule has 35 heavy (non-hydrogen) atoms. The van der Waals surface area contributed by atoms with Gasteiger partial charge in [0.15, 0.2) is 5.65 Å². The first-order valence-corrected chi connectivity index (χ1v) is 12.2. The zero-order chi connectivity index (χ0) is 24.4. The fourth-order valence-electron chi connectivity index (χ4n) is 4.63. The van der Waals surface area contributed by atoms with Crippen LogP contribution in [-0.4, -0.2) is 56.7 Å². The van der Waals surface area contributed by atoms with Gasteiger partial charge < -0.3 is 9.80 Å². The summed E-state index contributed by atoms with van der Waals surface area (Å²) in [5.41, 5.74) is 3.02. The lowest BCUT2D eigenvalue weighted by Gasteiger charge is -2.24. The van der Waals surface area contributed by atoms with E-state index in [2.05, 4.69) is 11.8 Å². The first kappa shape index (κ1) is 23.0. The van der Waals surface area contributed by atoms with Crippen LogP contribution in [0.15, 0.2) is 54.6 Å². The molecule has 0 radical (unpaired) electrons. The summed E-state index contributed by atoms with van der Waals surface area (Å²) in [6.45, 7) is 6.85. The molecule has 4 aromatic rings. The number of aryl methyl sites for hydroxylation is 2. The van der Waals surface area contributed by atoms with Gasteiger partial charge in [-0.05, 0) is 56.2 Å². The Kier molecular flexibility index (Phi) is 6.44. The quantitative estimate of drug-likeness (QED) is 0.426. The smallest absolute Gasteiger partial charge is 0.253 e. The molecule has 2 aromatic heterocycles. The van der Waals surface area contributed by atoms with Crippen LogP contribution in [0.4, 0.5) is 10.2 Å². The SMILES string of the molecule is CCCc1nc(N2CCCN(C(=O)c3ccccc3)CC2)c2c(C)nn(-c3ccc(F)cc3)c2n1. The van der Waals surface area contributed by atoms with Gasteiger partial charge in [-0.25, -0.2) is 19.0 Å². The molecule has 0 N–H and O–H groups in total. The second-order valence-corrected chi connectivity index (χ2v) is 8.88. The van der Waals surface area contributed by atoms with Crippen LogP contribution in [0.2, 0.25) is 0 Å². The van der Waals surface area contributed by atoms with Gasteiger partial charge in [0.25, 0.3) is 5.91 Å².